The predicted octanol–water partition coefficient (Wildman–Crippen LogP) is 0.738. The van der Waals surface area contributed by atoms with Crippen molar-refractivity contribution in [1.29, 1.82) is 0 Å². The Balaban J connectivity index is 3.95. The minimum absolute atomic E-state index is 0.193. The molecule has 6 nitrogen and oxygen atoms in total. The first kappa shape index (κ1) is 16.7. The lowest BCUT2D eigenvalue weighted by Gasteiger charge is -2.19. The molecule has 0 heterocycles. The summed E-state index contributed by atoms with van der Waals surface area (Å²) in [5.41, 5.74) is 0. The Kier molecular flexibility index (Phi) is 9.00. The number of hydrogen-bond acceptors (Lipinski definition) is 3. The molecule has 0 rings (SSSR count). The van der Waals surface area contributed by atoms with Crippen LogP contribution in [0.25, 0.3) is 0 Å². The van der Waals surface area contributed by atoms with Crippen LogP contribution in [0.5, 0.6) is 0 Å². The number of carboxylic acids is 1. The van der Waals surface area contributed by atoms with Gasteiger partial charge in [0, 0.05) is 20.1 Å². The van der Waals surface area contributed by atoms with E-state index in [4.69, 9.17) is 5.11 Å². The van der Waals surface area contributed by atoms with Crippen LogP contribution in [-0.4, -0.2) is 55.7 Å². The van der Waals surface area contributed by atoms with E-state index in [1.165, 1.54) is 0 Å². The third-order valence-corrected chi connectivity index (χ3v) is 2.75. The molecule has 0 aromatic heterocycles. The maximum atomic E-state index is 11.7. The van der Waals surface area contributed by atoms with E-state index in [0.717, 1.165) is 19.4 Å². The first-order valence-corrected chi connectivity index (χ1v) is 6.39. The van der Waals surface area contributed by atoms with Crippen LogP contribution in [0.4, 0.5) is 4.79 Å². The molecule has 0 aliphatic rings. The molecule has 1 atom stereocenters. The molecule has 0 aromatic rings. The highest BCUT2D eigenvalue weighted by Gasteiger charge is 2.18. The quantitative estimate of drug-likeness (QED) is 0.533. The molecule has 3 N–H and O–H groups in total. The van der Waals surface area contributed by atoms with Crippen molar-refractivity contribution in [2.45, 2.75) is 26.2 Å². The molecule has 0 bridgehead atoms. The van der Waals surface area contributed by atoms with Crippen molar-refractivity contribution < 1.29 is 14.7 Å². The van der Waals surface area contributed by atoms with Gasteiger partial charge in [-0.1, -0.05) is 13.3 Å². The summed E-state index contributed by atoms with van der Waals surface area (Å²) in [7, 11) is 3.57. The van der Waals surface area contributed by atoms with Crippen LogP contribution in [0.1, 0.15) is 26.2 Å². The molecule has 0 spiro atoms. The highest BCUT2D eigenvalue weighted by molar-refractivity contribution is 5.75. The topological polar surface area (TPSA) is 81.7 Å². The van der Waals surface area contributed by atoms with Gasteiger partial charge in [-0.25, -0.2) is 4.79 Å². The maximum Gasteiger partial charge on any atom is 0.317 e. The second-order valence-corrected chi connectivity index (χ2v) is 4.39. The van der Waals surface area contributed by atoms with E-state index in [1.807, 2.05) is 14.0 Å². The van der Waals surface area contributed by atoms with Crippen LogP contribution in [0.3, 0.4) is 0 Å². The average molecular weight is 259 g/mol. The first-order chi connectivity index (χ1) is 8.52. The van der Waals surface area contributed by atoms with E-state index < -0.39 is 11.9 Å². The van der Waals surface area contributed by atoms with Gasteiger partial charge in [0.05, 0.1) is 5.92 Å². The van der Waals surface area contributed by atoms with E-state index in [0.29, 0.717) is 13.0 Å². The number of carbonyl (C=O) groups excluding carboxylic acids is 1. The standard InChI is InChI=1S/C12H25N3O3/c1-4-6-10(11(16)17)9-14-12(18)15(3)8-5-7-13-2/h10,13H,4-9H2,1-3H3,(H,14,18)(H,16,17). The van der Waals surface area contributed by atoms with E-state index in [2.05, 4.69) is 10.6 Å². The molecule has 0 saturated heterocycles. The van der Waals surface area contributed by atoms with Crippen molar-refractivity contribution in [1.82, 2.24) is 15.5 Å². The third kappa shape index (κ3) is 7.11. The van der Waals surface area contributed by atoms with Gasteiger partial charge in [0.1, 0.15) is 0 Å². The number of rotatable bonds is 9. The zero-order chi connectivity index (χ0) is 14.0. The molecule has 0 aromatic carbocycles. The number of aliphatic carboxylic acids is 1. The largest absolute Gasteiger partial charge is 0.481 e. The Hall–Kier alpha value is -1.30. The Labute approximate surface area is 109 Å². The molecular weight excluding hydrogens is 234 g/mol. The summed E-state index contributed by atoms with van der Waals surface area (Å²) in [6, 6.07) is -0.214. The van der Waals surface area contributed by atoms with Crippen molar-refractivity contribution in [3.8, 4) is 0 Å². The van der Waals surface area contributed by atoms with Gasteiger partial charge in [0.25, 0.3) is 0 Å². The SMILES string of the molecule is CCCC(CNC(=O)N(C)CCCNC)C(=O)O. The van der Waals surface area contributed by atoms with Gasteiger partial charge in [-0.05, 0) is 26.4 Å². The molecule has 1 unspecified atom stereocenters. The zero-order valence-electron chi connectivity index (χ0n) is 11.5. The number of urea groups is 1. The lowest BCUT2D eigenvalue weighted by atomic mass is 10.0. The lowest BCUT2D eigenvalue weighted by Crippen LogP contribution is -2.41. The summed E-state index contributed by atoms with van der Waals surface area (Å²) in [6.45, 7) is 3.63. The summed E-state index contributed by atoms with van der Waals surface area (Å²) < 4.78 is 0. The van der Waals surface area contributed by atoms with Gasteiger partial charge in [-0.2, -0.15) is 0 Å². The molecule has 0 fully saturated rings. The van der Waals surface area contributed by atoms with E-state index in [1.54, 1.807) is 11.9 Å². The Morgan fingerprint density at radius 1 is 1.39 bits per heavy atom. The molecule has 0 aliphatic heterocycles. The third-order valence-electron chi connectivity index (χ3n) is 2.75. The molecule has 2 amide bonds. The van der Waals surface area contributed by atoms with Crippen molar-refractivity contribution >= 4 is 12.0 Å². The van der Waals surface area contributed by atoms with Gasteiger partial charge < -0.3 is 20.6 Å². The Morgan fingerprint density at radius 2 is 2.06 bits per heavy atom. The molecular formula is C12H25N3O3. The van der Waals surface area contributed by atoms with Gasteiger partial charge in [0.15, 0.2) is 0 Å². The fourth-order valence-corrected chi connectivity index (χ4v) is 1.60. The van der Waals surface area contributed by atoms with Crippen LogP contribution < -0.4 is 10.6 Å². The lowest BCUT2D eigenvalue weighted by molar-refractivity contribution is -0.141. The van der Waals surface area contributed by atoms with Crippen molar-refractivity contribution in [3.63, 3.8) is 0 Å². The van der Waals surface area contributed by atoms with Crippen molar-refractivity contribution in [2.75, 3.05) is 33.7 Å². The molecule has 0 saturated carbocycles. The second kappa shape index (κ2) is 9.70. The van der Waals surface area contributed by atoms with Gasteiger partial charge in [0.2, 0.25) is 0 Å². The fraction of sp³-hybridized carbons (Fsp3) is 0.833. The molecule has 6 heteroatoms. The van der Waals surface area contributed by atoms with Gasteiger partial charge in [-0.15, -0.1) is 0 Å². The minimum Gasteiger partial charge on any atom is -0.481 e. The predicted molar refractivity (Wildman–Crippen MR) is 70.6 cm³/mol. The number of nitrogens with one attached hydrogen (secondary N) is 2. The van der Waals surface area contributed by atoms with Crippen molar-refractivity contribution in [2.24, 2.45) is 5.92 Å². The number of amides is 2. The second-order valence-electron chi connectivity index (χ2n) is 4.39. The van der Waals surface area contributed by atoms with Gasteiger partial charge in [-0.3, -0.25) is 4.79 Å². The summed E-state index contributed by atoms with van der Waals surface area (Å²) in [6.07, 6.45) is 2.25. The van der Waals surface area contributed by atoms with E-state index >= 15 is 0 Å². The normalized spacial score (nSPS) is 11.9. The summed E-state index contributed by atoms with van der Waals surface area (Å²) in [4.78, 5) is 24.2. The van der Waals surface area contributed by atoms with Crippen LogP contribution in [0.15, 0.2) is 0 Å². The number of nitrogens with zero attached hydrogens (tertiary/aromatic N) is 1. The van der Waals surface area contributed by atoms with Crippen LogP contribution in [0.2, 0.25) is 0 Å². The summed E-state index contributed by atoms with van der Waals surface area (Å²) in [5, 5.41) is 14.6. The minimum atomic E-state index is -0.852. The molecule has 0 aliphatic carbocycles. The van der Waals surface area contributed by atoms with Crippen LogP contribution in [-0.2, 0) is 4.79 Å². The Morgan fingerprint density at radius 3 is 2.56 bits per heavy atom. The number of carbonyl (C=O) groups is 2. The smallest absolute Gasteiger partial charge is 0.317 e. The molecule has 106 valence electrons. The first-order valence-electron chi connectivity index (χ1n) is 6.39. The average Bonchev–Trinajstić information content (AvgIpc) is 2.33. The monoisotopic (exact) mass is 259 g/mol. The fourth-order valence-electron chi connectivity index (χ4n) is 1.60. The maximum absolute atomic E-state index is 11.7. The van der Waals surface area contributed by atoms with E-state index in [9.17, 15) is 9.59 Å². The van der Waals surface area contributed by atoms with Gasteiger partial charge >= 0.3 is 12.0 Å². The summed E-state index contributed by atoms with van der Waals surface area (Å²) >= 11 is 0. The molecule has 18 heavy (non-hydrogen) atoms. The van der Waals surface area contributed by atoms with Crippen LogP contribution >= 0.6 is 0 Å². The number of hydrogen-bond donors (Lipinski definition) is 3. The zero-order valence-corrected chi connectivity index (χ0v) is 11.5. The Bertz CT molecular complexity index is 259. The number of carboxylic acid groups (broad SMARTS) is 1. The highest BCUT2D eigenvalue weighted by Crippen LogP contribution is 2.05. The van der Waals surface area contributed by atoms with E-state index in [-0.39, 0.29) is 12.6 Å². The van der Waals surface area contributed by atoms with Crippen LogP contribution in [0, 0.1) is 5.92 Å². The highest BCUT2D eigenvalue weighted by atomic mass is 16.4. The molecule has 0 radical (unpaired) electrons. The summed E-state index contributed by atoms with van der Waals surface area (Å²) in [5.74, 6) is -1.35. The van der Waals surface area contributed by atoms with Crippen molar-refractivity contribution in [3.05, 3.63) is 0 Å².